The van der Waals surface area contributed by atoms with Crippen molar-refractivity contribution in [1.82, 2.24) is 0 Å². The number of benzene rings is 7. The van der Waals surface area contributed by atoms with E-state index in [1.807, 2.05) is 0 Å². The van der Waals surface area contributed by atoms with E-state index in [2.05, 4.69) is 135 Å². The molecule has 0 bridgehead atoms. The number of rotatable bonds is 3. The second-order valence-corrected chi connectivity index (χ2v) is 16.8. The smallest absolute Gasteiger partial charge is 0.143 e. The van der Waals surface area contributed by atoms with Crippen LogP contribution in [0, 0.1) is 0 Å². The Morgan fingerprint density at radius 1 is 0.487 bits per heavy atom. The molecule has 1 aromatic heterocycles. The van der Waals surface area contributed by atoms with Crippen molar-refractivity contribution in [3.05, 3.63) is 115 Å². The highest BCUT2D eigenvalue weighted by molar-refractivity contribution is 6.90. The molecule has 8 aromatic rings. The number of hydrogen-bond acceptors (Lipinski definition) is 1. The van der Waals surface area contributed by atoms with Crippen LogP contribution in [0.15, 0.2) is 120 Å². The molecule has 0 saturated heterocycles. The summed E-state index contributed by atoms with van der Waals surface area (Å²) >= 11 is 0. The third-order valence-corrected chi connectivity index (χ3v) is 10.4. The summed E-state index contributed by atoms with van der Waals surface area (Å²) in [5.74, 6) is 0. The van der Waals surface area contributed by atoms with E-state index in [9.17, 15) is 0 Å². The van der Waals surface area contributed by atoms with Crippen LogP contribution in [0.5, 0.6) is 0 Å². The van der Waals surface area contributed by atoms with E-state index in [1.165, 1.54) is 54.2 Å². The number of para-hydroxylation sites is 1. The predicted molar refractivity (Wildman–Crippen MR) is 171 cm³/mol. The van der Waals surface area contributed by atoms with Crippen molar-refractivity contribution in [3.63, 3.8) is 0 Å². The molecule has 1 heterocycles. The monoisotopic (exact) mass is 516 g/mol. The lowest BCUT2D eigenvalue weighted by Gasteiger charge is -2.22. The lowest BCUT2D eigenvalue weighted by Crippen LogP contribution is -2.38. The average Bonchev–Trinajstić information content (AvgIpc) is 3.33. The van der Waals surface area contributed by atoms with E-state index in [4.69, 9.17) is 4.42 Å². The first-order valence-electron chi connectivity index (χ1n) is 13.7. The molecule has 0 aliphatic heterocycles. The average molecular weight is 517 g/mol. The van der Waals surface area contributed by atoms with E-state index >= 15 is 0 Å². The van der Waals surface area contributed by atoms with Gasteiger partial charge in [0.1, 0.15) is 11.2 Å². The number of furan rings is 1. The molecule has 2 heteroatoms. The maximum Gasteiger partial charge on any atom is 0.143 e. The molecule has 0 saturated carbocycles. The Hall–Kier alpha value is -4.40. The fourth-order valence-electron chi connectivity index (χ4n) is 6.52. The first-order chi connectivity index (χ1) is 19.0. The molecule has 0 radical (unpaired) electrons. The van der Waals surface area contributed by atoms with Crippen molar-refractivity contribution in [2.24, 2.45) is 0 Å². The van der Waals surface area contributed by atoms with Crippen LogP contribution in [0.3, 0.4) is 0 Å². The van der Waals surface area contributed by atoms with E-state index < -0.39 is 8.07 Å². The molecule has 1 nitrogen and oxygen atoms in total. The maximum atomic E-state index is 6.46. The highest BCUT2D eigenvalue weighted by Crippen LogP contribution is 2.42. The fraction of sp³-hybridized carbons (Fsp3) is 0.0811. The van der Waals surface area contributed by atoms with Crippen LogP contribution >= 0.6 is 0 Å². The molecule has 0 fully saturated rings. The van der Waals surface area contributed by atoms with Crippen LogP contribution in [-0.4, -0.2) is 8.07 Å². The summed E-state index contributed by atoms with van der Waals surface area (Å²) in [5, 5.41) is 12.0. The molecule has 39 heavy (non-hydrogen) atoms. The highest BCUT2D eigenvalue weighted by Gasteiger charge is 2.22. The molecular weight excluding hydrogens is 488 g/mol. The minimum Gasteiger partial charge on any atom is -0.455 e. The van der Waals surface area contributed by atoms with Gasteiger partial charge in [0, 0.05) is 16.3 Å². The van der Waals surface area contributed by atoms with Crippen LogP contribution in [0.2, 0.25) is 19.6 Å². The van der Waals surface area contributed by atoms with Crippen LogP contribution in [0.25, 0.3) is 76.5 Å². The van der Waals surface area contributed by atoms with Gasteiger partial charge in [-0.1, -0.05) is 128 Å². The van der Waals surface area contributed by atoms with Gasteiger partial charge < -0.3 is 4.42 Å². The zero-order chi connectivity index (χ0) is 26.3. The Morgan fingerprint density at radius 2 is 1.21 bits per heavy atom. The molecular formula is C37H28OSi. The molecule has 186 valence electrons. The Balaban J connectivity index is 1.39. The van der Waals surface area contributed by atoms with Crippen molar-refractivity contribution >= 4 is 67.5 Å². The molecule has 0 spiro atoms. The third kappa shape index (κ3) is 3.31. The lowest BCUT2D eigenvalue weighted by atomic mass is 9.89. The molecule has 0 aliphatic carbocycles. The van der Waals surface area contributed by atoms with Crippen molar-refractivity contribution in [2.45, 2.75) is 19.6 Å². The molecule has 8 rings (SSSR count). The lowest BCUT2D eigenvalue weighted by molar-refractivity contribution is 0.670. The van der Waals surface area contributed by atoms with Gasteiger partial charge in [-0.25, -0.2) is 0 Å². The number of fused-ring (bicyclic) bond motifs is 3. The van der Waals surface area contributed by atoms with Gasteiger partial charge in [0.25, 0.3) is 0 Å². The SMILES string of the molecule is C[Si](C)(C)c1ccc2ccc3c(-c4ccc5oc6c(-c7ccccc7)cccc6c5c4)ccc4ccc1c2c43. The third-order valence-electron chi connectivity index (χ3n) is 8.37. The Bertz CT molecular complexity index is 2200. The van der Waals surface area contributed by atoms with Crippen LogP contribution in [0.4, 0.5) is 0 Å². The summed E-state index contributed by atoms with van der Waals surface area (Å²) in [6, 6.07) is 42.2. The van der Waals surface area contributed by atoms with Crippen LogP contribution in [-0.2, 0) is 0 Å². The van der Waals surface area contributed by atoms with Gasteiger partial charge >= 0.3 is 0 Å². The Labute approximate surface area is 228 Å². The van der Waals surface area contributed by atoms with E-state index in [-0.39, 0.29) is 0 Å². The molecule has 0 atom stereocenters. The van der Waals surface area contributed by atoms with Gasteiger partial charge in [-0.05, 0) is 61.1 Å². The largest absolute Gasteiger partial charge is 0.455 e. The minimum absolute atomic E-state index is 0.926. The van der Waals surface area contributed by atoms with Gasteiger partial charge in [-0.3, -0.25) is 0 Å². The summed E-state index contributed by atoms with van der Waals surface area (Å²) in [5.41, 5.74) is 6.67. The number of hydrogen-bond donors (Lipinski definition) is 0. The van der Waals surface area contributed by atoms with E-state index in [1.54, 1.807) is 0 Å². The van der Waals surface area contributed by atoms with Crippen LogP contribution in [0.1, 0.15) is 0 Å². The molecule has 0 unspecified atom stereocenters. The first-order valence-corrected chi connectivity index (χ1v) is 17.2. The van der Waals surface area contributed by atoms with E-state index in [0.29, 0.717) is 0 Å². The summed E-state index contributed by atoms with van der Waals surface area (Å²) in [6.45, 7) is 7.33. The summed E-state index contributed by atoms with van der Waals surface area (Å²) in [7, 11) is -1.49. The predicted octanol–water partition coefficient (Wildman–Crippen LogP) is 10.4. The van der Waals surface area contributed by atoms with Crippen LogP contribution < -0.4 is 5.19 Å². The molecule has 7 aromatic carbocycles. The normalized spacial score (nSPS) is 12.5. The van der Waals surface area contributed by atoms with Gasteiger partial charge in [0.05, 0.1) is 8.07 Å². The molecule has 0 aliphatic rings. The van der Waals surface area contributed by atoms with Crippen molar-refractivity contribution in [3.8, 4) is 22.3 Å². The quantitative estimate of drug-likeness (QED) is 0.168. The zero-order valence-corrected chi connectivity index (χ0v) is 23.4. The second kappa shape index (κ2) is 8.05. The summed E-state index contributed by atoms with van der Waals surface area (Å²) in [4.78, 5) is 0. The summed E-state index contributed by atoms with van der Waals surface area (Å²) in [6.07, 6.45) is 0. The Kier molecular flexibility index (Phi) is 4.66. The first kappa shape index (κ1) is 22.6. The fourth-order valence-corrected chi connectivity index (χ4v) is 8.12. The maximum absolute atomic E-state index is 6.46. The summed E-state index contributed by atoms with van der Waals surface area (Å²) < 4.78 is 6.46. The molecule has 0 amide bonds. The standard InChI is InChI=1S/C37H28OSi/c1-39(2,3)34-21-16-25-13-18-29-27(17-12-24-14-19-31(34)36(25)35(24)29)26-15-20-33-32(22-26)30-11-7-10-28(37(30)38-33)23-8-5-4-6-9-23/h4-22H,1-3H3. The van der Waals surface area contributed by atoms with Gasteiger partial charge in [-0.15, -0.1) is 0 Å². The van der Waals surface area contributed by atoms with Crippen molar-refractivity contribution < 1.29 is 4.42 Å². The highest BCUT2D eigenvalue weighted by atomic mass is 28.3. The van der Waals surface area contributed by atoms with Crippen molar-refractivity contribution in [1.29, 1.82) is 0 Å². The molecule has 0 N–H and O–H groups in total. The van der Waals surface area contributed by atoms with Gasteiger partial charge in [0.15, 0.2) is 0 Å². The minimum atomic E-state index is -1.49. The Morgan fingerprint density at radius 3 is 2.00 bits per heavy atom. The van der Waals surface area contributed by atoms with E-state index in [0.717, 1.165) is 27.5 Å². The van der Waals surface area contributed by atoms with Crippen molar-refractivity contribution in [2.75, 3.05) is 0 Å². The van der Waals surface area contributed by atoms with Gasteiger partial charge in [-0.2, -0.15) is 0 Å². The van der Waals surface area contributed by atoms with Gasteiger partial charge in [0.2, 0.25) is 0 Å². The topological polar surface area (TPSA) is 13.1 Å². The zero-order valence-electron chi connectivity index (χ0n) is 22.4. The second-order valence-electron chi connectivity index (χ2n) is 11.8.